The summed E-state index contributed by atoms with van der Waals surface area (Å²) in [6, 6.07) is 69.8. The zero-order valence-corrected chi connectivity index (χ0v) is 38.0. The predicted octanol–water partition coefficient (Wildman–Crippen LogP) is 12.7. The minimum Gasteiger partial charge on any atom is -0.438 e. The molecule has 0 spiro atoms. The monoisotopic (exact) mass is 905 g/mol. The maximum Gasteiger partial charge on any atom is 0.245 e. The minimum atomic E-state index is 0.511. The molecule has 0 aliphatic carbocycles. The molecule has 14 rings (SSSR count). The van der Waals surface area contributed by atoms with Gasteiger partial charge in [-0.1, -0.05) is 127 Å². The van der Waals surface area contributed by atoms with E-state index in [1.54, 1.807) is 0 Å². The number of benzene rings is 8. The first kappa shape index (κ1) is 39.9. The molecule has 5 aromatic heterocycles. The van der Waals surface area contributed by atoms with Crippen molar-refractivity contribution in [3.63, 3.8) is 0 Å². The van der Waals surface area contributed by atoms with Crippen molar-refractivity contribution in [2.45, 2.75) is 26.2 Å². The molecule has 0 atom stereocenters. The Morgan fingerprint density at radius 1 is 0.386 bits per heavy atom. The van der Waals surface area contributed by atoms with Gasteiger partial charge in [-0.25, -0.2) is 33.2 Å². The summed E-state index contributed by atoms with van der Waals surface area (Å²) in [6.07, 6.45) is 4.40. The van der Waals surface area contributed by atoms with E-state index in [9.17, 15) is 0 Å². The summed E-state index contributed by atoms with van der Waals surface area (Å²) in [5, 5.41) is 6.28. The first-order valence-corrected chi connectivity index (χ1v) is 23.7. The van der Waals surface area contributed by atoms with Crippen LogP contribution in [0.25, 0.3) is 76.5 Å². The number of nitrogens with zero attached hydrogens (tertiary/aromatic N) is 7. The van der Waals surface area contributed by atoms with E-state index in [4.69, 9.17) is 24.4 Å². The molecule has 8 aromatic carbocycles. The summed E-state index contributed by atoms with van der Waals surface area (Å²) in [4.78, 5) is 15.9. The second-order valence-electron chi connectivity index (χ2n) is 18.2. The molecule has 0 fully saturated rings. The molecule has 70 heavy (non-hydrogen) atoms. The number of imidazole rings is 2. The Balaban J connectivity index is 1.04. The van der Waals surface area contributed by atoms with Crippen LogP contribution in [0.15, 0.2) is 213 Å². The number of fused-ring (bicyclic) bond motifs is 23. The van der Waals surface area contributed by atoms with Crippen molar-refractivity contribution in [3.05, 3.63) is 235 Å². The number of pyridine rings is 3. The maximum absolute atomic E-state index is 7.35. The van der Waals surface area contributed by atoms with Gasteiger partial charge in [-0.2, -0.15) is 0 Å². The van der Waals surface area contributed by atoms with E-state index in [0.29, 0.717) is 49.4 Å². The third kappa shape index (κ3) is 6.89. The molecule has 0 amide bonds. The van der Waals surface area contributed by atoms with Crippen molar-refractivity contribution < 1.29 is 18.6 Å². The Morgan fingerprint density at radius 2 is 0.814 bits per heavy atom. The van der Waals surface area contributed by atoms with Crippen LogP contribution in [0, 0.1) is 0 Å². The van der Waals surface area contributed by atoms with Crippen molar-refractivity contribution in [2.24, 2.45) is 0 Å². The van der Waals surface area contributed by atoms with Crippen LogP contribution in [-0.4, -0.2) is 24.1 Å². The molecule has 0 radical (unpaired) electrons. The molecule has 6 heterocycles. The highest BCUT2D eigenvalue weighted by molar-refractivity contribution is 6.10. The second kappa shape index (κ2) is 16.2. The lowest BCUT2D eigenvalue weighted by molar-refractivity contribution is -0.665. The minimum absolute atomic E-state index is 0.511. The number of hydrogen-bond acceptors (Lipinski definition) is 5. The fraction of sp³-hybridized carbons (Fsp3) is 0.0656. The Labute approximate surface area is 402 Å². The lowest BCUT2D eigenvalue weighted by Crippen LogP contribution is -2.35. The number of para-hydroxylation sites is 6. The zero-order chi connectivity index (χ0) is 46.1. The van der Waals surface area contributed by atoms with E-state index in [-0.39, 0.29) is 0 Å². The van der Waals surface area contributed by atoms with Crippen LogP contribution in [0.1, 0.15) is 22.5 Å². The first-order chi connectivity index (χ1) is 34.6. The summed E-state index contributed by atoms with van der Waals surface area (Å²) in [6.45, 7) is 2.21. The van der Waals surface area contributed by atoms with Gasteiger partial charge in [-0.05, 0) is 94.3 Å². The van der Waals surface area contributed by atoms with Gasteiger partial charge in [-0.3, -0.25) is 0 Å². The summed E-state index contributed by atoms with van der Waals surface area (Å²) in [5.74, 6) is 2.39. The van der Waals surface area contributed by atoms with Crippen LogP contribution in [0.2, 0.25) is 0 Å². The molecular formula is C61H43N7O2+2. The average molecular weight is 906 g/mol. The second-order valence-corrected chi connectivity index (χ2v) is 18.2. The van der Waals surface area contributed by atoms with E-state index in [1.807, 2.05) is 24.3 Å². The third-order valence-corrected chi connectivity index (χ3v) is 13.7. The largest absolute Gasteiger partial charge is 0.438 e. The van der Waals surface area contributed by atoms with Gasteiger partial charge in [0.15, 0.2) is 22.1 Å². The van der Waals surface area contributed by atoms with E-state index in [1.165, 1.54) is 0 Å². The van der Waals surface area contributed by atoms with Crippen LogP contribution < -0.4 is 18.6 Å². The fourth-order valence-electron chi connectivity index (χ4n) is 10.5. The lowest BCUT2D eigenvalue weighted by Gasteiger charge is -2.20. The molecule has 9 nitrogen and oxygen atoms in total. The average Bonchev–Trinajstić information content (AvgIpc) is 3.92. The zero-order valence-electron chi connectivity index (χ0n) is 38.0. The molecule has 1 aliphatic heterocycles. The van der Waals surface area contributed by atoms with E-state index in [2.05, 4.69) is 207 Å². The normalized spacial score (nSPS) is 12.9. The molecule has 0 saturated carbocycles. The molecule has 13 aromatic rings. The van der Waals surface area contributed by atoms with Crippen molar-refractivity contribution >= 4 is 65.4 Å². The van der Waals surface area contributed by atoms with Gasteiger partial charge in [0.1, 0.15) is 37.7 Å². The Morgan fingerprint density at radius 3 is 1.31 bits per heavy atom. The van der Waals surface area contributed by atoms with Gasteiger partial charge in [-0.15, -0.1) is 0 Å². The molecule has 1 aliphatic rings. The summed E-state index contributed by atoms with van der Waals surface area (Å²) < 4.78 is 23.9. The highest BCUT2D eigenvalue weighted by Crippen LogP contribution is 2.48. The van der Waals surface area contributed by atoms with E-state index in [0.717, 1.165) is 99.1 Å². The van der Waals surface area contributed by atoms with Crippen LogP contribution in [0.3, 0.4) is 0 Å². The van der Waals surface area contributed by atoms with Crippen molar-refractivity contribution in [1.29, 1.82) is 0 Å². The van der Waals surface area contributed by atoms with Gasteiger partial charge in [0.05, 0.1) is 33.5 Å². The Kier molecular flexibility index (Phi) is 9.26. The van der Waals surface area contributed by atoms with Gasteiger partial charge < -0.3 is 9.47 Å². The topological polar surface area (TPSA) is 74.8 Å². The number of aromatic nitrogens is 7. The molecule has 0 unspecified atom stereocenters. The summed E-state index contributed by atoms with van der Waals surface area (Å²) >= 11 is 0. The molecule has 332 valence electrons. The molecule has 9 heteroatoms. The number of rotatable bonds is 0. The van der Waals surface area contributed by atoms with E-state index >= 15 is 0 Å². The van der Waals surface area contributed by atoms with Gasteiger partial charge in [0.25, 0.3) is 0 Å². The first-order valence-electron chi connectivity index (χ1n) is 23.7. The molecule has 0 N–H and O–H groups in total. The summed E-state index contributed by atoms with van der Waals surface area (Å²) in [5.41, 5.74) is 11.8. The third-order valence-electron chi connectivity index (χ3n) is 13.7. The van der Waals surface area contributed by atoms with Gasteiger partial charge >= 0.3 is 0 Å². The van der Waals surface area contributed by atoms with Crippen molar-refractivity contribution in [3.8, 4) is 34.4 Å². The van der Waals surface area contributed by atoms with Crippen LogP contribution in [0.4, 0.5) is 0 Å². The maximum atomic E-state index is 7.35. The van der Waals surface area contributed by atoms with Crippen LogP contribution in [-0.2, 0) is 26.2 Å². The molecule has 0 saturated heterocycles. The quantitative estimate of drug-likeness (QED) is 0.142. The van der Waals surface area contributed by atoms with Crippen molar-refractivity contribution in [2.75, 3.05) is 0 Å². The highest BCUT2D eigenvalue weighted by Gasteiger charge is 2.26. The molecule has 6 bridgehead atoms. The Hall–Kier alpha value is -9.21. The smallest absolute Gasteiger partial charge is 0.245 e. The summed E-state index contributed by atoms with van der Waals surface area (Å²) in [7, 11) is 0. The van der Waals surface area contributed by atoms with Crippen molar-refractivity contribution in [1.82, 2.24) is 24.1 Å². The number of ether oxygens (including phenoxy) is 2. The van der Waals surface area contributed by atoms with Gasteiger partial charge in [0, 0.05) is 21.9 Å². The van der Waals surface area contributed by atoms with E-state index < -0.39 is 0 Å². The van der Waals surface area contributed by atoms with Crippen LogP contribution >= 0.6 is 0 Å². The highest BCUT2D eigenvalue weighted by atomic mass is 16.5. The number of hydrogen-bond donors (Lipinski definition) is 0. The molecular weight excluding hydrogens is 863 g/mol. The lowest BCUT2D eigenvalue weighted by atomic mass is 9.92. The fourth-order valence-corrected chi connectivity index (χ4v) is 10.5. The van der Waals surface area contributed by atoms with Crippen LogP contribution in [0.5, 0.6) is 23.3 Å². The standard InChI is InChI=1S/C61H43N7O2/c1-5-20-48-40(14-1)28-30-56-58(48)59-49-21-6-2-15-41(49)29-31-57(59)70-61-45(33-43-17-4-8-23-51(43)64-61)35-66-39-68(55-27-12-10-25-53(55)66)37-47-19-13-18-46(62-47)36-67-38-65(52-24-9-11-26-54(52)67)34-44-32-42-16-3-7-22-50(42)63-60(44)69-56/h1-33,38-39H,34-37H2/q+2. The van der Waals surface area contributed by atoms with Gasteiger partial charge in [0.2, 0.25) is 24.4 Å². The predicted molar refractivity (Wildman–Crippen MR) is 275 cm³/mol. The Bertz CT molecular complexity index is 3960. The SMILES string of the molecule is c1cc2nc(c1)C[n+]1cn(c3ccccc31)Cc1cc3ccccc3nc1Oc1ccc3ccccc3c1-c1c(ccc3ccccc13)Oc1nc3ccccc3cc1Cn1c[n+](c3ccccc31)C2.